The van der Waals surface area contributed by atoms with E-state index >= 15 is 0 Å². The Labute approximate surface area is 137 Å². The van der Waals surface area contributed by atoms with Crippen molar-refractivity contribution >= 4 is 28.9 Å². The summed E-state index contributed by atoms with van der Waals surface area (Å²) >= 11 is 12.1. The molecule has 3 aromatic rings. The molecule has 6 heteroatoms. The van der Waals surface area contributed by atoms with E-state index < -0.39 is 0 Å². The van der Waals surface area contributed by atoms with Gasteiger partial charge in [-0.1, -0.05) is 23.2 Å². The minimum Gasteiger partial charge on any atom is -0.508 e. The van der Waals surface area contributed by atoms with Crippen molar-refractivity contribution in [2.24, 2.45) is 0 Å². The van der Waals surface area contributed by atoms with Gasteiger partial charge in [0.15, 0.2) is 0 Å². The van der Waals surface area contributed by atoms with Crippen LogP contribution in [0.3, 0.4) is 0 Å². The van der Waals surface area contributed by atoms with Gasteiger partial charge in [-0.2, -0.15) is 0 Å². The van der Waals surface area contributed by atoms with Crippen LogP contribution in [-0.2, 0) is 0 Å². The van der Waals surface area contributed by atoms with Crippen LogP contribution in [0.5, 0.6) is 5.75 Å². The first-order chi connectivity index (χ1) is 10.6. The molecule has 0 aliphatic heterocycles. The molecule has 4 nitrogen and oxygen atoms in total. The summed E-state index contributed by atoms with van der Waals surface area (Å²) in [5, 5.41) is 10.4. The normalized spacial score (nSPS) is 10.6. The van der Waals surface area contributed by atoms with E-state index in [1.54, 1.807) is 42.5 Å². The van der Waals surface area contributed by atoms with Gasteiger partial charge in [-0.25, -0.2) is 9.97 Å². The molecule has 0 aliphatic rings. The molecule has 0 aliphatic carbocycles. The molecule has 2 aromatic carbocycles. The first-order valence-corrected chi connectivity index (χ1v) is 7.17. The highest BCUT2D eigenvalue weighted by Gasteiger charge is 2.14. The Morgan fingerprint density at radius 2 is 1.59 bits per heavy atom. The molecule has 22 heavy (non-hydrogen) atoms. The molecule has 1 heterocycles. The molecule has 0 unspecified atom stereocenters. The number of phenols is 1. The van der Waals surface area contributed by atoms with Gasteiger partial charge in [-0.05, 0) is 42.5 Å². The van der Waals surface area contributed by atoms with Gasteiger partial charge in [0.05, 0.1) is 22.1 Å². The van der Waals surface area contributed by atoms with E-state index in [1.807, 2.05) is 0 Å². The van der Waals surface area contributed by atoms with E-state index in [1.165, 1.54) is 6.33 Å². The fourth-order valence-electron chi connectivity index (χ4n) is 2.14. The Kier molecular flexibility index (Phi) is 3.88. The number of nitrogens with zero attached hydrogens (tertiary/aromatic N) is 2. The number of aromatic hydroxyl groups is 1. The van der Waals surface area contributed by atoms with E-state index in [0.717, 1.165) is 5.56 Å². The molecular formula is C16H11Cl2N3O. The lowest BCUT2D eigenvalue weighted by Gasteiger charge is -2.11. The fourth-order valence-corrected chi connectivity index (χ4v) is 2.64. The number of aromatic nitrogens is 2. The summed E-state index contributed by atoms with van der Waals surface area (Å²) in [5.74, 6) is 0.178. The molecule has 0 amide bonds. The minimum absolute atomic E-state index is 0.178. The number of halogens is 2. The number of hydrogen-bond acceptors (Lipinski definition) is 4. The standard InChI is InChI=1S/C16H11Cl2N3O/c17-10-3-6-12(13(18)7-10)16-14(19)15(20-8-21-16)9-1-4-11(22)5-2-9/h1-8,22H,19H2. The lowest BCUT2D eigenvalue weighted by molar-refractivity contribution is 0.475. The second kappa shape index (κ2) is 5.83. The van der Waals surface area contributed by atoms with Crippen molar-refractivity contribution in [1.82, 2.24) is 9.97 Å². The van der Waals surface area contributed by atoms with Crippen molar-refractivity contribution in [2.45, 2.75) is 0 Å². The van der Waals surface area contributed by atoms with Crippen molar-refractivity contribution in [3.05, 3.63) is 58.8 Å². The van der Waals surface area contributed by atoms with Gasteiger partial charge in [0.2, 0.25) is 0 Å². The molecular weight excluding hydrogens is 321 g/mol. The zero-order valence-electron chi connectivity index (χ0n) is 11.3. The van der Waals surface area contributed by atoms with Crippen LogP contribution in [0.2, 0.25) is 10.0 Å². The molecule has 0 radical (unpaired) electrons. The number of rotatable bonds is 2. The maximum Gasteiger partial charge on any atom is 0.116 e. The molecule has 0 atom stereocenters. The Hall–Kier alpha value is -2.30. The van der Waals surface area contributed by atoms with E-state index in [9.17, 15) is 5.11 Å². The molecule has 110 valence electrons. The van der Waals surface area contributed by atoms with Gasteiger partial charge in [0.25, 0.3) is 0 Å². The monoisotopic (exact) mass is 331 g/mol. The smallest absolute Gasteiger partial charge is 0.116 e. The van der Waals surface area contributed by atoms with Gasteiger partial charge < -0.3 is 10.8 Å². The average Bonchev–Trinajstić information content (AvgIpc) is 2.49. The zero-order valence-corrected chi connectivity index (χ0v) is 12.8. The number of hydrogen-bond donors (Lipinski definition) is 2. The number of anilines is 1. The quantitative estimate of drug-likeness (QED) is 0.729. The number of benzene rings is 2. The summed E-state index contributed by atoms with van der Waals surface area (Å²) in [6, 6.07) is 11.8. The van der Waals surface area contributed by atoms with E-state index in [0.29, 0.717) is 32.7 Å². The van der Waals surface area contributed by atoms with Gasteiger partial charge >= 0.3 is 0 Å². The molecule has 0 spiro atoms. The van der Waals surface area contributed by atoms with Crippen molar-refractivity contribution < 1.29 is 5.11 Å². The molecule has 0 fully saturated rings. The highest BCUT2D eigenvalue weighted by atomic mass is 35.5. The molecule has 1 aromatic heterocycles. The Morgan fingerprint density at radius 1 is 0.909 bits per heavy atom. The van der Waals surface area contributed by atoms with Gasteiger partial charge in [0.1, 0.15) is 12.1 Å². The van der Waals surface area contributed by atoms with Crippen molar-refractivity contribution in [3.63, 3.8) is 0 Å². The fraction of sp³-hybridized carbons (Fsp3) is 0. The van der Waals surface area contributed by atoms with Crippen LogP contribution in [-0.4, -0.2) is 15.1 Å². The third-order valence-corrected chi connectivity index (χ3v) is 3.76. The summed E-state index contributed by atoms with van der Waals surface area (Å²) in [6.45, 7) is 0. The van der Waals surface area contributed by atoms with Crippen LogP contribution in [0, 0.1) is 0 Å². The van der Waals surface area contributed by atoms with Crippen LogP contribution in [0.1, 0.15) is 0 Å². The maximum absolute atomic E-state index is 9.37. The molecule has 0 saturated heterocycles. The molecule has 3 N–H and O–H groups in total. The van der Waals surface area contributed by atoms with Crippen LogP contribution in [0.25, 0.3) is 22.5 Å². The summed E-state index contributed by atoms with van der Waals surface area (Å²) in [7, 11) is 0. The van der Waals surface area contributed by atoms with Gasteiger partial charge in [-0.3, -0.25) is 0 Å². The lowest BCUT2D eigenvalue weighted by atomic mass is 10.0. The maximum atomic E-state index is 9.37. The van der Waals surface area contributed by atoms with Crippen molar-refractivity contribution in [3.8, 4) is 28.3 Å². The van der Waals surface area contributed by atoms with Crippen LogP contribution in [0.4, 0.5) is 5.69 Å². The third kappa shape index (κ3) is 2.71. The van der Waals surface area contributed by atoms with E-state index in [4.69, 9.17) is 28.9 Å². The average molecular weight is 332 g/mol. The minimum atomic E-state index is 0.178. The van der Waals surface area contributed by atoms with Crippen molar-refractivity contribution in [2.75, 3.05) is 5.73 Å². The van der Waals surface area contributed by atoms with Gasteiger partial charge in [0, 0.05) is 16.1 Å². The van der Waals surface area contributed by atoms with Crippen LogP contribution < -0.4 is 5.73 Å². The van der Waals surface area contributed by atoms with Crippen LogP contribution in [0.15, 0.2) is 48.8 Å². The van der Waals surface area contributed by atoms with Gasteiger partial charge in [-0.15, -0.1) is 0 Å². The summed E-state index contributed by atoms with van der Waals surface area (Å²) in [5.41, 5.74) is 9.22. The Bertz CT molecular complexity index is 835. The Morgan fingerprint density at radius 3 is 2.27 bits per heavy atom. The van der Waals surface area contributed by atoms with Crippen molar-refractivity contribution in [1.29, 1.82) is 0 Å². The highest BCUT2D eigenvalue weighted by Crippen LogP contribution is 2.36. The predicted octanol–water partition coefficient (Wildman–Crippen LogP) is 4.41. The number of nitrogens with two attached hydrogens (primary N) is 1. The second-order valence-electron chi connectivity index (χ2n) is 4.66. The first-order valence-electron chi connectivity index (χ1n) is 6.41. The summed E-state index contributed by atoms with van der Waals surface area (Å²) in [4.78, 5) is 8.45. The molecule has 0 saturated carbocycles. The molecule has 0 bridgehead atoms. The highest BCUT2D eigenvalue weighted by molar-refractivity contribution is 6.36. The lowest BCUT2D eigenvalue weighted by Crippen LogP contribution is -1.99. The number of nitrogen functional groups attached to an aromatic ring is 1. The second-order valence-corrected chi connectivity index (χ2v) is 5.50. The third-order valence-electron chi connectivity index (χ3n) is 3.21. The van der Waals surface area contributed by atoms with Crippen LogP contribution >= 0.6 is 23.2 Å². The summed E-state index contributed by atoms with van der Waals surface area (Å²) in [6.07, 6.45) is 1.43. The van der Waals surface area contributed by atoms with E-state index in [2.05, 4.69) is 9.97 Å². The first kappa shape index (κ1) is 14.6. The summed E-state index contributed by atoms with van der Waals surface area (Å²) < 4.78 is 0. The topological polar surface area (TPSA) is 72.0 Å². The Balaban J connectivity index is 2.15. The predicted molar refractivity (Wildman–Crippen MR) is 89.0 cm³/mol. The molecule has 3 rings (SSSR count). The number of phenolic OH excluding ortho intramolecular Hbond substituents is 1. The van der Waals surface area contributed by atoms with E-state index in [-0.39, 0.29) is 5.75 Å². The zero-order chi connectivity index (χ0) is 15.7. The largest absolute Gasteiger partial charge is 0.508 e. The SMILES string of the molecule is Nc1c(-c2ccc(O)cc2)ncnc1-c1ccc(Cl)cc1Cl.